The summed E-state index contributed by atoms with van der Waals surface area (Å²) in [7, 11) is 0. The molecule has 1 heterocycles. The van der Waals surface area contributed by atoms with E-state index in [-0.39, 0.29) is 0 Å². The first-order chi connectivity index (χ1) is 9.42. The van der Waals surface area contributed by atoms with Gasteiger partial charge in [0.25, 0.3) is 0 Å². The zero-order valence-corrected chi connectivity index (χ0v) is 12.9. The Morgan fingerprint density at radius 3 is 2.45 bits per heavy atom. The van der Waals surface area contributed by atoms with E-state index in [0.717, 1.165) is 21.9 Å². The Hall–Kier alpha value is -1.27. The highest BCUT2D eigenvalue weighted by Gasteiger charge is 2.17. The average Bonchev–Trinajstić information content (AvgIpc) is 2.65. The summed E-state index contributed by atoms with van der Waals surface area (Å²) in [4.78, 5) is 0. The van der Waals surface area contributed by atoms with Gasteiger partial charge in [-0.25, -0.2) is 8.78 Å². The maximum Gasteiger partial charge on any atom is 0.126 e. The first-order valence-electron chi connectivity index (χ1n) is 6.35. The quantitative estimate of drug-likeness (QED) is 0.923. The molecule has 0 bridgehead atoms. The van der Waals surface area contributed by atoms with E-state index in [4.69, 9.17) is 5.73 Å². The maximum atomic E-state index is 13.2. The smallest absolute Gasteiger partial charge is 0.126 e. The number of benzene rings is 1. The van der Waals surface area contributed by atoms with Gasteiger partial charge in [0.15, 0.2) is 0 Å². The van der Waals surface area contributed by atoms with E-state index in [0.29, 0.717) is 18.5 Å². The van der Waals surface area contributed by atoms with Crippen LogP contribution in [0.5, 0.6) is 0 Å². The van der Waals surface area contributed by atoms with Crippen LogP contribution in [0.3, 0.4) is 0 Å². The second-order valence-electron chi connectivity index (χ2n) is 4.68. The highest BCUT2D eigenvalue weighted by molar-refractivity contribution is 9.10. The van der Waals surface area contributed by atoms with Crippen molar-refractivity contribution in [3.63, 3.8) is 0 Å². The Bertz CT molecular complexity index is 605. The van der Waals surface area contributed by atoms with Crippen LogP contribution in [0, 0.1) is 18.6 Å². The Balaban J connectivity index is 2.29. The second-order valence-corrected chi connectivity index (χ2v) is 5.47. The summed E-state index contributed by atoms with van der Waals surface area (Å²) in [5.41, 5.74) is 8.32. The number of hydrogen-bond acceptors (Lipinski definition) is 2. The van der Waals surface area contributed by atoms with E-state index in [9.17, 15) is 8.78 Å². The van der Waals surface area contributed by atoms with Crippen LogP contribution in [0.25, 0.3) is 0 Å². The summed E-state index contributed by atoms with van der Waals surface area (Å²) in [6.07, 6.45) is 0.457. The molecule has 3 nitrogen and oxygen atoms in total. The first kappa shape index (κ1) is 15.1. The van der Waals surface area contributed by atoms with E-state index < -0.39 is 17.7 Å². The van der Waals surface area contributed by atoms with Crippen molar-refractivity contribution < 1.29 is 8.78 Å². The fourth-order valence-corrected chi connectivity index (χ4v) is 2.63. The summed E-state index contributed by atoms with van der Waals surface area (Å²) < 4.78 is 29.2. The molecule has 2 rings (SSSR count). The maximum absolute atomic E-state index is 13.2. The molecule has 1 aromatic carbocycles. The Morgan fingerprint density at radius 1 is 1.30 bits per heavy atom. The minimum atomic E-state index is -0.616. The summed E-state index contributed by atoms with van der Waals surface area (Å²) >= 11 is 3.48. The zero-order chi connectivity index (χ0) is 14.9. The molecule has 0 aliphatic carbocycles. The van der Waals surface area contributed by atoms with E-state index in [1.807, 2.05) is 18.5 Å². The molecule has 0 aliphatic rings. The fraction of sp³-hybridized carbons (Fsp3) is 0.357. The summed E-state index contributed by atoms with van der Waals surface area (Å²) in [6.45, 7) is 4.59. The van der Waals surface area contributed by atoms with Gasteiger partial charge >= 0.3 is 0 Å². The molecular formula is C14H16BrF2N3. The highest BCUT2D eigenvalue weighted by Crippen LogP contribution is 2.26. The van der Waals surface area contributed by atoms with Crippen molar-refractivity contribution in [1.29, 1.82) is 0 Å². The molecule has 1 aromatic heterocycles. The van der Waals surface area contributed by atoms with Crippen molar-refractivity contribution in [3.8, 4) is 0 Å². The zero-order valence-electron chi connectivity index (χ0n) is 11.3. The fourth-order valence-electron chi connectivity index (χ4n) is 2.18. The molecule has 0 aliphatic heterocycles. The second kappa shape index (κ2) is 6.01. The van der Waals surface area contributed by atoms with Gasteiger partial charge in [-0.05, 0) is 47.5 Å². The molecule has 0 amide bonds. The standard InChI is InChI=1S/C14H16BrF2N3/c1-3-20-13(14(15)8(2)19-20)7-12(18)9-4-10(16)6-11(17)5-9/h4-6,12H,3,7,18H2,1-2H3. The third kappa shape index (κ3) is 3.07. The van der Waals surface area contributed by atoms with E-state index in [1.54, 1.807) is 0 Å². The molecule has 0 fully saturated rings. The number of nitrogens with zero attached hydrogens (tertiary/aromatic N) is 2. The Morgan fingerprint density at radius 2 is 1.90 bits per heavy atom. The van der Waals surface area contributed by atoms with Gasteiger partial charge in [-0.2, -0.15) is 5.10 Å². The van der Waals surface area contributed by atoms with Crippen LogP contribution < -0.4 is 5.73 Å². The molecular weight excluding hydrogens is 328 g/mol. The Labute approximate surface area is 124 Å². The van der Waals surface area contributed by atoms with Gasteiger partial charge in [0.05, 0.1) is 15.9 Å². The van der Waals surface area contributed by atoms with Crippen LogP contribution >= 0.6 is 15.9 Å². The van der Waals surface area contributed by atoms with Crippen molar-refractivity contribution in [1.82, 2.24) is 9.78 Å². The first-order valence-corrected chi connectivity index (χ1v) is 7.15. The van der Waals surface area contributed by atoms with Crippen molar-refractivity contribution in [2.75, 3.05) is 0 Å². The molecule has 0 saturated heterocycles. The monoisotopic (exact) mass is 343 g/mol. The number of aryl methyl sites for hydroxylation is 2. The summed E-state index contributed by atoms with van der Waals surface area (Å²) in [5.74, 6) is -1.23. The number of rotatable bonds is 4. The highest BCUT2D eigenvalue weighted by atomic mass is 79.9. The third-order valence-corrected chi connectivity index (χ3v) is 4.21. The molecule has 20 heavy (non-hydrogen) atoms. The van der Waals surface area contributed by atoms with Crippen LogP contribution in [-0.4, -0.2) is 9.78 Å². The van der Waals surface area contributed by atoms with E-state index in [1.165, 1.54) is 12.1 Å². The molecule has 2 N–H and O–H groups in total. The van der Waals surface area contributed by atoms with Gasteiger partial charge in [-0.15, -0.1) is 0 Å². The van der Waals surface area contributed by atoms with Crippen molar-refractivity contribution in [2.24, 2.45) is 5.73 Å². The molecule has 0 saturated carbocycles. The van der Waals surface area contributed by atoms with Crippen LogP contribution in [-0.2, 0) is 13.0 Å². The lowest BCUT2D eigenvalue weighted by atomic mass is 10.0. The number of halogens is 3. The minimum absolute atomic E-state index is 0.441. The van der Waals surface area contributed by atoms with Crippen LogP contribution in [0.15, 0.2) is 22.7 Å². The van der Waals surface area contributed by atoms with Gasteiger partial charge in [-0.1, -0.05) is 0 Å². The van der Waals surface area contributed by atoms with Gasteiger partial charge in [0.1, 0.15) is 11.6 Å². The molecule has 6 heteroatoms. The molecule has 108 valence electrons. The number of nitrogens with two attached hydrogens (primary N) is 1. The van der Waals surface area contributed by atoms with Crippen molar-refractivity contribution in [3.05, 3.63) is 51.3 Å². The lowest BCUT2D eigenvalue weighted by Gasteiger charge is -2.14. The topological polar surface area (TPSA) is 43.8 Å². The van der Waals surface area contributed by atoms with Gasteiger partial charge in [0.2, 0.25) is 0 Å². The minimum Gasteiger partial charge on any atom is -0.324 e. The summed E-state index contributed by atoms with van der Waals surface area (Å²) in [5, 5.41) is 4.38. The lowest BCUT2D eigenvalue weighted by Crippen LogP contribution is -2.17. The van der Waals surface area contributed by atoms with Crippen LogP contribution in [0.1, 0.15) is 29.9 Å². The van der Waals surface area contributed by atoms with Crippen LogP contribution in [0.2, 0.25) is 0 Å². The normalized spacial score (nSPS) is 12.7. The molecule has 0 spiro atoms. The lowest BCUT2D eigenvalue weighted by molar-refractivity contribution is 0.562. The SMILES string of the molecule is CCn1nc(C)c(Br)c1CC(N)c1cc(F)cc(F)c1. The molecule has 0 radical (unpaired) electrons. The average molecular weight is 344 g/mol. The molecule has 1 atom stereocenters. The third-order valence-electron chi connectivity index (χ3n) is 3.18. The number of aromatic nitrogens is 2. The van der Waals surface area contributed by atoms with Gasteiger partial charge in [0, 0.05) is 25.1 Å². The van der Waals surface area contributed by atoms with Crippen molar-refractivity contribution in [2.45, 2.75) is 32.9 Å². The summed E-state index contributed by atoms with van der Waals surface area (Å²) in [6, 6.07) is 2.88. The van der Waals surface area contributed by atoms with Crippen molar-refractivity contribution >= 4 is 15.9 Å². The predicted molar refractivity (Wildman–Crippen MR) is 77.3 cm³/mol. The van der Waals surface area contributed by atoms with Crippen LogP contribution in [0.4, 0.5) is 8.78 Å². The van der Waals surface area contributed by atoms with E-state index >= 15 is 0 Å². The molecule has 2 aromatic rings. The Kier molecular flexibility index (Phi) is 4.55. The molecule has 1 unspecified atom stereocenters. The predicted octanol–water partition coefficient (Wildman–Crippen LogP) is 3.49. The van der Waals surface area contributed by atoms with E-state index in [2.05, 4.69) is 21.0 Å². The number of hydrogen-bond donors (Lipinski definition) is 1. The van der Waals surface area contributed by atoms with Gasteiger partial charge in [-0.3, -0.25) is 4.68 Å². The largest absolute Gasteiger partial charge is 0.324 e. The van der Waals surface area contributed by atoms with Gasteiger partial charge < -0.3 is 5.73 Å².